The summed E-state index contributed by atoms with van der Waals surface area (Å²) < 4.78 is 0.909. The first-order valence-electron chi connectivity index (χ1n) is 5.63. The van der Waals surface area contributed by atoms with Gasteiger partial charge in [0.2, 0.25) is 0 Å². The van der Waals surface area contributed by atoms with E-state index >= 15 is 0 Å². The number of hydrazine groups is 1. The zero-order valence-corrected chi connectivity index (χ0v) is 11.9. The first-order chi connectivity index (χ1) is 9.56. The Labute approximate surface area is 123 Å². The van der Waals surface area contributed by atoms with Gasteiger partial charge in [-0.1, -0.05) is 34.6 Å². The van der Waals surface area contributed by atoms with E-state index in [0.29, 0.717) is 5.70 Å². The van der Waals surface area contributed by atoms with Gasteiger partial charge in [0.1, 0.15) is 0 Å². The number of nitrogens with one attached hydrogen (secondary N) is 3. The Morgan fingerprint density at radius 1 is 1.25 bits per heavy atom. The van der Waals surface area contributed by atoms with E-state index in [1.54, 1.807) is 0 Å². The third-order valence-electron chi connectivity index (χ3n) is 2.41. The van der Waals surface area contributed by atoms with E-state index in [4.69, 9.17) is 0 Å². The summed E-state index contributed by atoms with van der Waals surface area (Å²) in [6.07, 6.45) is 0. The minimum atomic E-state index is -0.475. The molecule has 0 fully saturated rings. The number of carbonyl (C=O) groups is 1. The summed E-state index contributed by atoms with van der Waals surface area (Å²) in [7, 11) is 0. The molecule has 102 valence electrons. The van der Waals surface area contributed by atoms with Gasteiger partial charge < -0.3 is 0 Å². The fourth-order valence-corrected chi connectivity index (χ4v) is 1.81. The van der Waals surface area contributed by atoms with Crippen LogP contribution < -0.4 is 16.4 Å². The van der Waals surface area contributed by atoms with Crippen LogP contribution in [0.5, 0.6) is 0 Å². The fourth-order valence-electron chi connectivity index (χ4n) is 1.42. The molecule has 6 nitrogen and oxygen atoms in total. The topological polar surface area (TPSA) is 86.9 Å². The molecule has 0 bridgehead atoms. The summed E-state index contributed by atoms with van der Waals surface area (Å²) in [4.78, 5) is 22.6. The van der Waals surface area contributed by atoms with Gasteiger partial charge in [-0.25, -0.2) is 5.10 Å². The van der Waals surface area contributed by atoms with Crippen LogP contribution in [0.25, 0.3) is 5.70 Å². The summed E-state index contributed by atoms with van der Waals surface area (Å²) in [5, 5.41) is 5.80. The first-order valence-corrected chi connectivity index (χ1v) is 6.42. The Kier molecular flexibility index (Phi) is 4.31. The number of H-pyrrole nitrogens is 1. The summed E-state index contributed by atoms with van der Waals surface area (Å²) in [5.41, 5.74) is 6.23. The van der Waals surface area contributed by atoms with Crippen molar-refractivity contribution in [3.05, 3.63) is 69.1 Å². The third kappa shape index (κ3) is 3.55. The monoisotopic (exact) mass is 334 g/mol. The van der Waals surface area contributed by atoms with E-state index in [1.165, 1.54) is 12.1 Å². The molecule has 1 amide bonds. The van der Waals surface area contributed by atoms with Gasteiger partial charge in [0.05, 0.1) is 5.70 Å². The number of amides is 1. The molecule has 0 atom stereocenters. The number of hydrogen-bond donors (Lipinski definition) is 3. The predicted octanol–water partition coefficient (Wildman–Crippen LogP) is 1.44. The summed E-state index contributed by atoms with van der Waals surface area (Å²) in [5.74, 6) is -0.475. The molecule has 0 aliphatic carbocycles. The number of nitrogens with zero attached hydrogens (tertiary/aromatic N) is 1. The number of hydrogen-bond acceptors (Lipinski definition) is 4. The van der Waals surface area contributed by atoms with Gasteiger partial charge in [0.15, 0.2) is 5.69 Å². The molecule has 0 unspecified atom stereocenters. The van der Waals surface area contributed by atoms with Crippen molar-refractivity contribution in [3.63, 3.8) is 0 Å². The lowest BCUT2D eigenvalue weighted by Gasteiger charge is -2.10. The molecule has 1 aromatic heterocycles. The molecule has 0 aliphatic rings. The van der Waals surface area contributed by atoms with Crippen LogP contribution in [0, 0.1) is 0 Å². The summed E-state index contributed by atoms with van der Waals surface area (Å²) >= 11 is 3.35. The van der Waals surface area contributed by atoms with Gasteiger partial charge in [0, 0.05) is 10.5 Å². The zero-order valence-electron chi connectivity index (χ0n) is 10.3. The molecule has 0 aliphatic heterocycles. The molecular weight excluding hydrogens is 324 g/mol. The third-order valence-corrected chi connectivity index (χ3v) is 2.91. The Hall–Kier alpha value is -2.41. The molecule has 0 saturated carbocycles. The Bertz CT molecular complexity index is 691. The fraction of sp³-hybridized carbons (Fsp3) is 0. The summed E-state index contributed by atoms with van der Waals surface area (Å²) in [6, 6.07) is 10.0. The lowest BCUT2D eigenvalue weighted by Crippen LogP contribution is -2.36. The molecule has 0 spiro atoms. The maximum Gasteiger partial charge on any atom is 0.290 e. The van der Waals surface area contributed by atoms with Crippen LogP contribution in [0.4, 0.5) is 0 Å². The van der Waals surface area contributed by atoms with Gasteiger partial charge in [-0.3, -0.25) is 20.4 Å². The van der Waals surface area contributed by atoms with E-state index in [2.05, 4.69) is 43.6 Å². The van der Waals surface area contributed by atoms with Crippen molar-refractivity contribution in [2.24, 2.45) is 0 Å². The Morgan fingerprint density at radius 2 is 2.05 bits per heavy atom. The van der Waals surface area contributed by atoms with E-state index in [0.717, 1.165) is 10.0 Å². The average Bonchev–Trinajstić information content (AvgIpc) is 2.45. The van der Waals surface area contributed by atoms with Crippen LogP contribution in [-0.4, -0.2) is 16.1 Å². The predicted molar refractivity (Wildman–Crippen MR) is 78.6 cm³/mol. The largest absolute Gasteiger partial charge is 0.298 e. The van der Waals surface area contributed by atoms with Crippen molar-refractivity contribution in [2.45, 2.75) is 0 Å². The summed E-state index contributed by atoms with van der Waals surface area (Å²) in [6.45, 7) is 3.82. The van der Waals surface area contributed by atoms with Crippen LogP contribution >= 0.6 is 15.9 Å². The van der Waals surface area contributed by atoms with Crippen molar-refractivity contribution in [3.8, 4) is 0 Å². The van der Waals surface area contributed by atoms with Crippen LogP contribution in [0.1, 0.15) is 16.1 Å². The molecular formula is C13H11BrN4O2. The van der Waals surface area contributed by atoms with Crippen molar-refractivity contribution in [2.75, 3.05) is 0 Å². The van der Waals surface area contributed by atoms with Crippen LogP contribution in [0.3, 0.4) is 0 Å². The van der Waals surface area contributed by atoms with E-state index in [1.807, 2.05) is 24.3 Å². The van der Waals surface area contributed by atoms with E-state index < -0.39 is 5.91 Å². The van der Waals surface area contributed by atoms with Crippen LogP contribution in [-0.2, 0) is 0 Å². The van der Waals surface area contributed by atoms with Crippen molar-refractivity contribution < 1.29 is 4.79 Å². The van der Waals surface area contributed by atoms with Crippen LogP contribution in [0.15, 0.2) is 52.2 Å². The van der Waals surface area contributed by atoms with Gasteiger partial charge in [0.25, 0.3) is 11.5 Å². The minimum Gasteiger partial charge on any atom is -0.298 e. The van der Waals surface area contributed by atoms with Gasteiger partial charge in [-0.05, 0) is 23.8 Å². The smallest absolute Gasteiger partial charge is 0.290 e. The molecule has 1 aromatic carbocycles. The quantitative estimate of drug-likeness (QED) is 0.738. The SMILES string of the molecule is C=C(NNC(=O)c1ccc(=O)[nH]n1)c1cccc(Br)c1. The molecule has 2 rings (SSSR count). The van der Waals surface area contributed by atoms with Crippen molar-refractivity contribution in [1.82, 2.24) is 21.0 Å². The number of rotatable bonds is 4. The highest BCUT2D eigenvalue weighted by atomic mass is 79.9. The molecule has 20 heavy (non-hydrogen) atoms. The maximum absolute atomic E-state index is 11.8. The van der Waals surface area contributed by atoms with Gasteiger partial charge >= 0.3 is 0 Å². The second-order valence-electron chi connectivity index (χ2n) is 3.87. The molecule has 0 radical (unpaired) electrons. The number of aromatic amines is 1. The Balaban J connectivity index is 1.98. The zero-order chi connectivity index (χ0) is 14.5. The molecule has 2 aromatic rings. The number of halogens is 1. The second kappa shape index (κ2) is 6.16. The lowest BCUT2D eigenvalue weighted by molar-refractivity contribution is 0.0936. The minimum absolute atomic E-state index is 0.0964. The van der Waals surface area contributed by atoms with E-state index in [9.17, 15) is 9.59 Å². The number of carbonyl (C=O) groups excluding carboxylic acids is 1. The highest BCUT2D eigenvalue weighted by Crippen LogP contribution is 2.15. The highest BCUT2D eigenvalue weighted by molar-refractivity contribution is 9.10. The van der Waals surface area contributed by atoms with Crippen molar-refractivity contribution >= 4 is 27.5 Å². The first kappa shape index (κ1) is 14.0. The normalized spacial score (nSPS) is 9.85. The molecule has 1 heterocycles. The number of aromatic nitrogens is 2. The van der Waals surface area contributed by atoms with Gasteiger partial charge in [-0.2, -0.15) is 5.10 Å². The number of benzene rings is 1. The standard InChI is InChI=1S/C13H11BrN4O2/c1-8(9-3-2-4-10(14)7-9)15-18-13(20)11-5-6-12(19)17-16-11/h2-7,15H,1H2,(H,17,19)(H,18,20). The van der Waals surface area contributed by atoms with Crippen molar-refractivity contribution in [1.29, 1.82) is 0 Å². The molecule has 3 N–H and O–H groups in total. The van der Waals surface area contributed by atoms with Crippen LogP contribution in [0.2, 0.25) is 0 Å². The lowest BCUT2D eigenvalue weighted by atomic mass is 10.2. The van der Waals surface area contributed by atoms with Gasteiger partial charge in [-0.15, -0.1) is 0 Å². The maximum atomic E-state index is 11.8. The van der Waals surface area contributed by atoms with E-state index in [-0.39, 0.29) is 11.3 Å². The average molecular weight is 335 g/mol. The highest BCUT2D eigenvalue weighted by Gasteiger charge is 2.07. The molecule has 7 heteroatoms. The molecule has 0 saturated heterocycles. The second-order valence-corrected chi connectivity index (χ2v) is 4.79. The Morgan fingerprint density at radius 3 is 2.70 bits per heavy atom.